The van der Waals surface area contributed by atoms with E-state index in [1.54, 1.807) is 13.0 Å². The van der Waals surface area contributed by atoms with Crippen LogP contribution in [0, 0.1) is 6.92 Å². The highest BCUT2D eigenvalue weighted by Gasteiger charge is 2.18. The minimum atomic E-state index is -0.297. The first-order valence-electron chi connectivity index (χ1n) is 9.93. The maximum atomic E-state index is 12.9. The van der Waals surface area contributed by atoms with Gasteiger partial charge in [0.15, 0.2) is 5.75 Å². The van der Waals surface area contributed by atoms with E-state index in [0.717, 1.165) is 12.8 Å². The normalized spacial score (nSPS) is 13.8. The molecule has 0 aliphatic heterocycles. The monoisotopic (exact) mass is 388 g/mol. The number of para-hydroxylation sites is 3. The zero-order chi connectivity index (χ0) is 20.1. The van der Waals surface area contributed by atoms with E-state index in [9.17, 15) is 4.79 Å². The first-order chi connectivity index (χ1) is 14.2. The molecule has 1 aromatic heterocycles. The van der Waals surface area contributed by atoms with Crippen molar-refractivity contribution < 1.29 is 9.53 Å². The maximum Gasteiger partial charge on any atom is 0.274 e. The molecule has 0 bridgehead atoms. The van der Waals surface area contributed by atoms with Crippen LogP contribution in [0.1, 0.15) is 42.0 Å². The Bertz CT molecular complexity index is 985. The van der Waals surface area contributed by atoms with Crippen LogP contribution < -0.4 is 15.4 Å². The van der Waals surface area contributed by atoms with Gasteiger partial charge in [-0.3, -0.25) is 4.79 Å². The van der Waals surface area contributed by atoms with Gasteiger partial charge >= 0.3 is 0 Å². The van der Waals surface area contributed by atoms with Gasteiger partial charge < -0.3 is 15.4 Å². The number of anilines is 2. The molecule has 0 radical (unpaired) electrons. The number of hydrogen-bond donors (Lipinski definition) is 2. The van der Waals surface area contributed by atoms with E-state index < -0.39 is 0 Å². The number of carbonyl (C=O) groups is 1. The number of ether oxygens (including phenoxy) is 1. The molecule has 1 fully saturated rings. The molecule has 2 aromatic carbocycles. The first-order valence-corrected chi connectivity index (χ1v) is 9.93. The lowest BCUT2D eigenvalue weighted by Gasteiger charge is -2.15. The molecule has 6 nitrogen and oxygen atoms in total. The summed E-state index contributed by atoms with van der Waals surface area (Å²) in [5.74, 6) is 2.24. The summed E-state index contributed by atoms with van der Waals surface area (Å²) >= 11 is 0. The topological polar surface area (TPSA) is 76.1 Å². The Labute approximate surface area is 170 Å². The zero-order valence-electron chi connectivity index (χ0n) is 16.4. The van der Waals surface area contributed by atoms with Crippen LogP contribution in [-0.2, 0) is 0 Å². The highest BCUT2D eigenvalue weighted by molar-refractivity contribution is 6.04. The minimum absolute atomic E-state index is 0.297. The van der Waals surface area contributed by atoms with Crippen molar-refractivity contribution in [3.8, 4) is 11.5 Å². The fraction of sp³-hybridized carbons (Fsp3) is 0.261. The molecule has 0 unspecified atom stereocenters. The molecule has 1 amide bonds. The van der Waals surface area contributed by atoms with Gasteiger partial charge in [-0.05, 0) is 44.0 Å². The Hall–Kier alpha value is -3.41. The van der Waals surface area contributed by atoms with Gasteiger partial charge in [-0.2, -0.15) is 0 Å². The predicted molar refractivity (Wildman–Crippen MR) is 114 cm³/mol. The third-order valence-corrected chi connectivity index (χ3v) is 4.88. The molecule has 0 atom stereocenters. The molecular formula is C23H24N4O2. The van der Waals surface area contributed by atoms with Crippen LogP contribution in [0.3, 0.4) is 0 Å². The summed E-state index contributed by atoms with van der Waals surface area (Å²) in [5.41, 5.74) is 0.912. The van der Waals surface area contributed by atoms with Crippen molar-refractivity contribution in [2.75, 3.05) is 10.6 Å². The molecule has 1 heterocycles. The van der Waals surface area contributed by atoms with Gasteiger partial charge in [0.2, 0.25) is 0 Å². The van der Waals surface area contributed by atoms with Gasteiger partial charge in [0.1, 0.15) is 23.1 Å². The summed E-state index contributed by atoms with van der Waals surface area (Å²) in [6, 6.07) is 18.9. The van der Waals surface area contributed by atoms with Gasteiger partial charge in [-0.25, -0.2) is 9.97 Å². The number of benzene rings is 2. The quantitative estimate of drug-likeness (QED) is 0.608. The summed E-state index contributed by atoms with van der Waals surface area (Å²) in [7, 11) is 0. The molecule has 29 heavy (non-hydrogen) atoms. The number of aromatic nitrogens is 2. The van der Waals surface area contributed by atoms with Crippen molar-refractivity contribution in [3.63, 3.8) is 0 Å². The van der Waals surface area contributed by atoms with Crippen LogP contribution in [0.15, 0.2) is 60.7 Å². The second kappa shape index (κ2) is 8.73. The Morgan fingerprint density at radius 2 is 1.72 bits per heavy atom. The van der Waals surface area contributed by atoms with Crippen LogP contribution in [0.5, 0.6) is 11.5 Å². The maximum absolute atomic E-state index is 12.9. The predicted octanol–water partition coefficient (Wildman–Crippen LogP) is 5.18. The zero-order valence-corrected chi connectivity index (χ0v) is 16.4. The van der Waals surface area contributed by atoms with Gasteiger partial charge in [-0.1, -0.05) is 43.2 Å². The highest BCUT2D eigenvalue weighted by Crippen LogP contribution is 2.29. The van der Waals surface area contributed by atoms with E-state index in [1.807, 2.05) is 54.6 Å². The molecule has 2 N–H and O–H groups in total. The number of aryl methyl sites for hydroxylation is 1. The van der Waals surface area contributed by atoms with Crippen molar-refractivity contribution in [1.29, 1.82) is 0 Å². The van der Waals surface area contributed by atoms with Crippen molar-refractivity contribution >= 4 is 17.4 Å². The van der Waals surface area contributed by atoms with E-state index >= 15 is 0 Å². The smallest absolute Gasteiger partial charge is 0.274 e. The number of carbonyl (C=O) groups excluding carboxylic acids is 1. The molecule has 4 rings (SSSR count). The lowest BCUT2D eigenvalue weighted by atomic mass is 10.2. The Balaban J connectivity index is 1.51. The molecule has 1 aliphatic carbocycles. The second-order valence-corrected chi connectivity index (χ2v) is 7.18. The summed E-state index contributed by atoms with van der Waals surface area (Å²) in [5, 5.41) is 6.34. The van der Waals surface area contributed by atoms with E-state index in [0.29, 0.717) is 40.6 Å². The lowest BCUT2D eigenvalue weighted by Crippen LogP contribution is -2.19. The van der Waals surface area contributed by atoms with E-state index in [1.165, 1.54) is 12.8 Å². The van der Waals surface area contributed by atoms with Crippen LogP contribution in [-0.4, -0.2) is 21.9 Å². The summed E-state index contributed by atoms with van der Waals surface area (Å²) < 4.78 is 5.92. The molecule has 3 aromatic rings. The molecule has 0 spiro atoms. The van der Waals surface area contributed by atoms with Crippen molar-refractivity contribution in [2.24, 2.45) is 0 Å². The number of nitrogens with zero attached hydrogens (tertiary/aromatic N) is 2. The summed E-state index contributed by atoms with van der Waals surface area (Å²) in [6.07, 6.45) is 4.73. The molecule has 0 saturated heterocycles. The van der Waals surface area contributed by atoms with Crippen molar-refractivity contribution in [2.45, 2.75) is 38.6 Å². The fourth-order valence-corrected chi connectivity index (χ4v) is 3.50. The van der Waals surface area contributed by atoms with E-state index in [2.05, 4.69) is 20.6 Å². The largest absolute Gasteiger partial charge is 0.455 e. The fourth-order valence-electron chi connectivity index (χ4n) is 3.50. The Kier molecular flexibility index (Phi) is 5.70. The second-order valence-electron chi connectivity index (χ2n) is 7.18. The first kappa shape index (κ1) is 18.9. The number of rotatable bonds is 6. The number of nitrogens with one attached hydrogen (secondary N) is 2. The van der Waals surface area contributed by atoms with Crippen LogP contribution in [0.4, 0.5) is 11.5 Å². The molecule has 1 saturated carbocycles. The summed E-state index contributed by atoms with van der Waals surface area (Å²) in [6.45, 7) is 1.79. The standard InChI is InChI=1S/C23H24N4O2/c1-16-24-20(15-22(25-16)26-17-9-5-6-10-17)23(28)27-19-13-7-8-14-21(19)29-18-11-3-2-4-12-18/h2-4,7-8,11-15,17H,5-6,9-10H2,1H3,(H,27,28)(H,24,25,26). The van der Waals surface area contributed by atoms with Gasteiger partial charge in [0.25, 0.3) is 5.91 Å². The SMILES string of the molecule is Cc1nc(NC2CCCC2)cc(C(=O)Nc2ccccc2Oc2ccccc2)n1. The van der Waals surface area contributed by atoms with Gasteiger partial charge in [0.05, 0.1) is 5.69 Å². The molecule has 1 aliphatic rings. The van der Waals surface area contributed by atoms with Crippen LogP contribution in [0.25, 0.3) is 0 Å². The van der Waals surface area contributed by atoms with E-state index in [4.69, 9.17) is 4.74 Å². The average Bonchev–Trinajstić information content (AvgIpc) is 3.23. The minimum Gasteiger partial charge on any atom is -0.455 e. The number of amides is 1. The Morgan fingerprint density at radius 1 is 1.00 bits per heavy atom. The van der Waals surface area contributed by atoms with Crippen molar-refractivity contribution in [3.05, 3.63) is 72.2 Å². The third kappa shape index (κ3) is 4.90. The lowest BCUT2D eigenvalue weighted by molar-refractivity contribution is 0.102. The van der Waals surface area contributed by atoms with Gasteiger partial charge in [0, 0.05) is 12.1 Å². The molecular weight excluding hydrogens is 364 g/mol. The summed E-state index contributed by atoms with van der Waals surface area (Å²) in [4.78, 5) is 21.6. The Morgan fingerprint density at radius 3 is 2.52 bits per heavy atom. The highest BCUT2D eigenvalue weighted by atomic mass is 16.5. The van der Waals surface area contributed by atoms with Gasteiger partial charge in [-0.15, -0.1) is 0 Å². The van der Waals surface area contributed by atoms with E-state index in [-0.39, 0.29) is 5.91 Å². The third-order valence-electron chi connectivity index (χ3n) is 4.88. The average molecular weight is 388 g/mol. The molecule has 6 heteroatoms. The molecule has 148 valence electrons. The van der Waals surface area contributed by atoms with Crippen LogP contribution >= 0.6 is 0 Å². The number of hydrogen-bond acceptors (Lipinski definition) is 5. The van der Waals surface area contributed by atoms with Crippen LogP contribution in [0.2, 0.25) is 0 Å². The van der Waals surface area contributed by atoms with Crippen molar-refractivity contribution in [1.82, 2.24) is 9.97 Å².